The number of morpholine rings is 1. The Morgan fingerprint density at radius 2 is 2.06 bits per heavy atom. The van der Waals surface area contributed by atoms with Crippen molar-refractivity contribution < 1.29 is 4.74 Å². The van der Waals surface area contributed by atoms with Gasteiger partial charge in [-0.2, -0.15) is 0 Å². The average Bonchev–Trinajstić information content (AvgIpc) is 2.62. The number of halogens is 1. The molecule has 3 nitrogen and oxygen atoms in total. The van der Waals surface area contributed by atoms with Crippen LogP contribution < -0.4 is 0 Å². The third kappa shape index (κ3) is 2.21. The van der Waals surface area contributed by atoms with Crippen LogP contribution in [0.5, 0.6) is 0 Å². The summed E-state index contributed by atoms with van der Waals surface area (Å²) in [5, 5.41) is 0.561. The summed E-state index contributed by atoms with van der Waals surface area (Å²) in [4.78, 5) is 6.56. The molecule has 86 valence electrons. The van der Waals surface area contributed by atoms with E-state index in [2.05, 4.69) is 9.88 Å². The Labute approximate surface area is 100 Å². The molecule has 0 radical (unpaired) electrons. The van der Waals surface area contributed by atoms with Gasteiger partial charge in [-0.25, -0.2) is 4.98 Å². The van der Waals surface area contributed by atoms with E-state index in [0.29, 0.717) is 17.4 Å². The van der Waals surface area contributed by atoms with Crippen molar-refractivity contribution in [3.05, 3.63) is 29.0 Å². The lowest BCUT2D eigenvalue weighted by Gasteiger charge is -2.31. The van der Waals surface area contributed by atoms with Crippen LogP contribution in [0.25, 0.3) is 0 Å². The van der Waals surface area contributed by atoms with Crippen LogP contribution in [0, 0.1) is 0 Å². The van der Waals surface area contributed by atoms with Gasteiger partial charge in [0.05, 0.1) is 12.2 Å². The monoisotopic (exact) mass is 238 g/mol. The third-order valence-corrected chi connectivity index (χ3v) is 3.54. The molecule has 1 aromatic heterocycles. The van der Waals surface area contributed by atoms with Gasteiger partial charge < -0.3 is 4.74 Å². The predicted octanol–water partition coefficient (Wildman–Crippen LogP) is 2.10. The molecule has 2 atom stereocenters. The number of likely N-dealkylation sites (tertiary alicyclic amines) is 1. The standard InChI is InChI=1S/C12H15ClN2O/c13-12-4-1-9(5-14-12)6-15-7-10-2-3-11(8-15)16-10/h1,4-5,10-11H,2-3,6-8H2. The molecule has 3 rings (SSSR count). The Hall–Kier alpha value is -0.640. The largest absolute Gasteiger partial charge is 0.372 e. The summed E-state index contributed by atoms with van der Waals surface area (Å²) in [6, 6.07) is 3.90. The molecule has 0 saturated carbocycles. The highest BCUT2D eigenvalue weighted by Gasteiger charge is 2.33. The molecular weight excluding hydrogens is 224 g/mol. The summed E-state index contributed by atoms with van der Waals surface area (Å²) in [6.45, 7) is 3.07. The number of ether oxygens (including phenoxy) is 1. The van der Waals surface area contributed by atoms with Crippen LogP contribution in [-0.4, -0.2) is 35.2 Å². The van der Waals surface area contributed by atoms with Gasteiger partial charge in [0.2, 0.25) is 0 Å². The van der Waals surface area contributed by atoms with Crippen molar-refractivity contribution in [2.75, 3.05) is 13.1 Å². The van der Waals surface area contributed by atoms with E-state index in [9.17, 15) is 0 Å². The first-order chi connectivity index (χ1) is 7.79. The second-order valence-corrected chi connectivity index (χ2v) is 5.03. The van der Waals surface area contributed by atoms with E-state index >= 15 is 0 Å². The van der Waals surface area contributed by atoms with Crippen LogP contribution in [0.3, 0.4) is 0 Å². The Morgan fingerprint density at radius 1 is 1.31 bits per heavy atom. The van der Waals surface area contributed by atoms with Gasteiger partial charge >= 0.3 is 0 Å². The number of aromatic nitrogens is 1. The molecule has 2 unspecified atom stereocenters. The lowest BCUT2D eigenvalue weighted by atomic mass is 10.2. The Balaban J connectivity index is 1.64. The number of pyridine rings is 1. The fourth-order valence-electron chi connectivity index (χ4n) is 2.59. The van der Waals surface area contributed by atoms with Crippen molar-refractivity contribution in [2.45, 2.75) is 31.6 Å². The van der Waals surface area contributed by atoms with Crippen LogP contribution in [-0.2, 0) is 11.3 Å². The molecular formula is C12H15ClN2O. The zero-order valence-electron chi connectivity index (χ0n) is 9.10. The van der Waals surface area contributed by atoms with E-state index in [-0.39, 0.29) is 0 Å². The van der Waals surface area contributed by atoms with Gasteiger partial charge in [-0.1, -0.05) is 17.7 Å². The van der Waals surface area contributed by atoms with Gasteiger partial charge in [0.15, 0.2) is 0 Å². The summed E-state index contributed by atoms with van der Waals surface area (Å²) >= 11 is 5.77. The molecule has 16 heavy (non-hydrogen) atoms. The van der Waals surface area contributed by atoms with Gasteiger partial charge in [0, 0.05) is 25.8 Å². The average molecular weight is 239 g/mol. The van der Waals surface area contributed by atoms with Crippen LogP contribution in [0.1, 0.15) is 18.4 Å². The van der Waals surface area contributed by atoms with Gasteiger partial charge in [-0.3, -0.25) is 4.90 Å². The maximum absolute atomic E-state index is 5.81. The molecule has 2 aliphatic heterocycles. The van der Waals surface area contributed by atoms with Crippen LogP contribution in [0.4, 0.5) is 0 Å². The zero-order chi connectivity index (χ0) is 11.0. The maximum Gasteiger partial charge on any atom is 0.129 e. The topological polar surface area (TPSA) is 25.4 Å². The quantitative estimate of drug-likeness (QED) is 0.738. The van der Waals surface area contributed by atoms with Crippen LogP contribution in [0.15, 0.2) is 18.3 Å². The van der Waals surface area contributed by atoms with E-state index in [4.69, 9.17) is 16.3 Å². The van der Waals surface area contributed by atoms with Crippen LogP contribution in [0.2, 0.25) is 5.15 Å². The minimum Gasteiger partial charge on any atom is -0.372 e. The van der Waals surface area contributed by atoms with Gasteiger partial charge in [-0.15, -0.1) is 0 Å². The van der Waals surface area contributed by atoms with E-state index in [1.54, 1.807) is 0 Å². The molecule has 3 heterocycles. The first-order valence-electron chi connectivity index (χ1n) is 5.78. The van der Waals surface area contributed by atoms with E-state index in [1.807, 2.05) is 18.3 Å². The number of hydrogen-bond donors (Lipinski definition) is 0. The molecule has 2 fully saturated rings. The molecule has 2 bridgehead atoms. The third-order valence-electron chi connectivity index (χ3n) is 3.31. The van der Waals surface area contributed by atoms with E-state index in [1.165, 1.54) is 18.4 Å². The van der Waals surface area contributed by atoms with Crippen molar-refractivity contribution in [1.82, 2.24) is 9.88 Å². The van der Waals surface area contributed by atoms with Gasteiger partial charge in [-0.05, 0) is 24.5 Å². The van der Waals surface area contributed by atoms with E-state index in [0.717, 1.165) is 19.6 Å². The molecule has 1 aromatic rings. The number of fused-ring (bicyclic) bond motifs is 2. The summed E-state index contributed by atoms with van der Waals surface area (Å²) < 4.78 is 5.81. The highest BCUT2D eigenvalue weighted by atomic mass is 35.5. The zero-order valence-corrected chi connectivity index (χ0v) is 9.86. The summed E-state index contributed by atoms with van der Waals surface area (Å²) in [5.74, 6) is 0. The normalized spacial score (nSPS) is 29.6. The van der Waals surface area contributed by atoms with Crippen molar-refractivity contribution in [2.24, 2.45) is 0 Å². The summed E-state index contributed by atoms with van der Waals surface area (Å²) in [6.07, 6.45) is 5.22. The first kappa shape index (κ1) is 10.5. The summed E-state index contributed by atoms with van der Waals surface area (Å²) in [7, 11) is 0. The molecule has 0 aliphatic carbocycles. The van der Waals surface area contributed by atoms with Gasteiger partial charge in [0.1, 0.15) is 5.15 Å². The molecule has 2 aliphatic rings. The Kier molecular flexibility index (Phi) is 2.84. The fourth-order valence-corrected chi connectivity index (χ4v) is 2.70. The molecule has 0 spiro atoms. The SMILES string of the molecule is Clc1ccc(CN2CC3CCC(C2)O3)cn1. The first-order valence-corrected chi connectivity index (χ1v) is 6.15. The second kappa shape index (κ2) is 4.32. The van der Waals surface area contributed by atoms with Crippen LogP contribution >= 0.6 is 11.6 Å². The Bertz CT molecular complexity index is 356. The fraction of sp³-hybridized carbons (Fsp3) is 0.583. The van der Waals surface area contributed by atoms with E-state index < -0.39 is 0 Å². The van der Waals surface area contributed by atoms with Crippen molar-refractivity contribution >= 4 is 11.6 Å². The minimum absolute atomic E-state index is 0.457. The highest BCUT2D eigenvalue weighted by Crippen LogP contribution is 2.27. The minimum atomic E-state index is 0.457. The smallest absolute Gasteiger partial charge is 0.129 e. The van der Waals surface area contributed by atoms with Crippen molar-refractivity contribution in [3.8, 4) is 0 Å². The lowest BCUT2D eigenvalue weighted by Crippen LogP contribution is -2.41. The maximum atomic E-state index is 5.81. The second-order valence-electron chi connectivity index (χ2n) is 4.64. The summed E-state index contributed by atoms with van der Waals surface area (Å²) in [5.41, 5.74) is 1.23. The lowest BCUT2D eigenvalue weighted by molar-refractivity contribution is -0.0410. The van der Waals surface area contributed by atoms with Gasteiger partial charge in [0.25, 0.3) is 0 Å². The number of hydrogen-bond acceptors (Lipinski definition) is 3. The predicted molar refractivity (Wildman–Crippen MR) is 62.4 cm³/mol. The van der Waals surface area contributed by atoms with Crippen molar-refractivity contribution in [3.63, 3.8) is 0 Å². The highest BCUT2D eigenvalue weighted by molar-refractivity contribution is 6.29. The Morgan fingerprint density at radius 3 is 2.69 bits per heavy atom. The molecule has 2 saturated heterocycles. The molecule has 0 N–H and O–H groups in total. The van der Waals surface area contributed by atoms with Crippen molar-refractivity contribution in [1.29, 1.82) is 0 Å². The number of nitrogens with zero attached hydrogens (tertiary/aromatic N) is 2. The molecule has 4 heteroatoms. The molecule has 0 amide bonds. The number of rotatable bonds is 2. The molecule has 0 aromatic carbocycles.